The zero-order valence-corrected chi connectivity index (χ0v) is 14.3. The van der Waals surface area contributed by atoms with E-state index in [0.717, 1.165) is 36.9 Å². The minimum Gasteiger partial charge on any atom is -0.396 e. The van der Waals surface area contributed by atoms with Gasteiger partial charge in [0.05, 0.1) is 11.7 Å². The van der Waals surface area contributed by atoms with Crippen LogP contribution in [0.3, 0.4) is 0 Å². The molecule has 1 saturated carbocycles. The predicted molar refractivity (Wildman–Crippen MR) is 97.0 cm³/mol. The third kappa shape index (κ3) is 4.79. The summed E-state index contributed by atoms with van der Waals surface area (Å²) in [5, 5.41) is 15.4. The Hall–Kier alpha value is -2.40. The van der Waals surface area contributed by atoms with E-state index in [0.29, 0.717) is 5.92 Å². The molecule has 1 fully saturated rings. The normalized spacial score (nSPS) is 21.3. The summed E-state index contributed by atoms with van der Waals surface area (Å²) in [6.07, 6.45) is 5.49. The first-order chi connectivity index (χ1) is 12.3. The SMILES string of the molecule is O=C(NC1CCC(CO)CC1)NC(c1ccccc1)c1ccccn1. The van der Waals surface area contributed by atoms with Gasteiger partial charge in [0.25, 0.3) is 0 Å². The molecule has 5 heteroatoms. The predicted octanol–water partition coefficient (Wildman–Crippen LogP) is 3.02. The zero-order chi connectivity index (χ0) is 17.5. The number of nitrogens with zero attached hydrogens (tertiary/aromatic N) is 1. The molecule has 0 spiro atoms. The van der Waals surface area contributed by atoms with Gasteiger partial charge in [0.2, 0.25) is 0 Å². The Morgan fingerprint density at radius 3 is 2.44 bits per heavy atom. The minimum atomic E-state index is -0.281. The summed E-state index contributed by atoms with van der Waals surface area (Å²) in [5.41, 5.74) is 1.81. The van der Waals surface area contributed by atoms with Crippen molar-refractivity contribution in [1.29, 1.82) is 0 Å². The fourth-order valence-electron chi connectivity index (χ4n) is 3.37. The van der Waals surface area contributed by atoms with Crippen molar-refractivity contribution >= 4 is 6.03 Å². The van der Waals surface area contributed by atoms with Gasteiger partial charge in [-0.2, -0.15) is 0 Å². The number of pyridine rings is 1. The quantitative estimate of drug-likeness (QED) is 0.784. The highest BCUT2D eigenvalue weighted by atomic mass is 16.3. The molecule has 3 rings (SSSR count). The van der Waals surface area contributed by atoms with Gasteiger partial charge in [0.1, 0.15) is 0 Å². The molecule has 0 bridgehead atoms. The van der Waals surface area contributed by atoms with Gasteiger partial charge in [-0.3, -0.25) is 4.98 Å². The Bertz CT molecular complexity index is 616. The molecule has 0 saturated heterocycles. The number of benzene rings is 1. The fraction of sp³-hybridized carbons (Fsp3) is 0.400. The molecule has 1 unspecified atom stereocenters. The topological polar surface area (TPSA) is 74.2 Å². The van der Waals surface area contributed by atoms with Gasteiger partial charge in [0.15, 0.2) is 0 Å². The number of hydrogen-bond acceptors (Lipinski definition) is 3. The van der Waals surface area contributed by atoms with E-state index in [9.17, 15) is 9.90 Å². The first kappa shape index (κ1) is 17.4. The molecule has 1 aliphatic carbocycles. The standard InChI is InChI=1S/C20H25N3O2/c24-14-15-9-11-17(12-10-15)22-20(25)23-19(16-6-2-1-3-7-16)18-8-4-5-13-21-18/h1-8,13,15,17,19,24H,9-12,14H2,(H2,22,23,25). The van der Waals surface area contributed by atoms with Crippen LogP contribution in [0.15, 0.2) is 54.7 Å². The van der Waals surface area contributed by atoms with Gasteiger partial charge in [-0.05, 0) is 49.3 Å². The lowest BCUT2D eigenvalue weighted by molar-refractivity contribution is 0.174. The monoisotopic (exact) mass is 339 g/mol. The number of urea groups is 1. The second kappa shape index (κ2) is 8.62. The molecule has 1 aliphatic rings. The molecule has 0 aliphatic heterocycles. The van der Waals surface area contributed by atoms with Crippen LogP contribution >= 0.6 is 0 Å². The minimum absolute atomic E-state index is 0.169. The van der Waals surface area contributed by atoms with Gasteiger partial charge in [-0.15, -0.1) is 0 Å². The zero-order valence-electron chi connectivity index (χ0n) is 14.3. The summed E-state index contributed by atoms with van der Waals surface area (Å²) in [6, 6.07) is 15.3. The molecule has 2 aromatic rings. The summed E-state index contributed by atoms with van der Waals surface area (Å²) < 4.78 is 0. The molecule has 5 nitrogen and oxygen atoms in total. The second-order valence-corrected chi connectivity index (χ2v) is 6.62. The highest BCUT2D eigenvalue weighted by Gasteiger charge is 2.23. The van der Waals surface area contributed by atoms with Gasteiger partial charge >= 0.3 is 6.03 Å². The van der Waals surface area contributed by atoms with E-state index >= 15 is 0 Å². The van der Waals surface area contributed by atoms with Gasteiger partial charge in [-0.1, -0.05) is 36.4 Å². The number of carbonyl (C=O) groups excluding carboxylic acids is 1. The summed E-state index contributed by atoms with van der Waals surface area (Å²) in [5.74, 6) is 0.381. The maximum Gasteiger partial charge on any atom is 0.315 e. The van der Waals surface area contributed by atoms with E-state index < -0.39 is 0 Å². The van der Waals surface area contributed by atoms with E-state index in [1.54, 1.807) is 6.20 Å². The van der Waals surface area contributed by atoms with Gasteiger partial charge in [-0.25, -0.2) is 4.79 Å². The van der Waals surface area contributed by atoms with E-state index in [1.165, 1.54) is 0 Å². The van der Waals surface area contributed by atoms with Crippen LogP contribution < -0.4 is 10.6 Å². The number of amides is 2. The maximum atomic E-state index is 12.5. The van der Waals surface area contributed by atoms with Crippen molar-refractivity contribution in [2.75, 3.05) is 6.61 Å². The average Bonchev–Trinajstić information content (AvgIpc) is 2.68. The molecule has 2 amide bonds. The third-order valence-electron chi connectivity index (χ3n) is 4.83. The number of rotatable bonds is 5. The van der Waals surface area contributed by atoms with Crippen molar-refractivity contribution in [2.24, 2.45) is 5.92 Å². The largest absolute Gasteiger partial charge is 0.396 e. The molecule has 1 aromatic carbocycles. The fourth-order valence-corrected chi connectivity index (χ4v) is 3.37. The highest BCUT2D eigenvalue weighted by Crippen LogP contribution is 2.24. The molecule has 1 heterocycles. The van der Waals surface area contributed by atoms with E-state index in [-0.39, 0.29) is 24.7 Å². The second-order valence-electron chi connectivity index (χ2n) is 6.62. The van der Waals surface area contributed by atoms with Crippen LogP contribution in [0.25, 0.3) is 0 Å². The molecule has 25 heavy (non-hydrogen) atoms. The lowest BCUT2D eigenvalue weighted by atomic mass is 9.87. The van der Waals surface area contributed by atoms with Crippen LogP contribution in [0.5, 0.6) is 0 Å². The van der Waals surface area contributed by atoms with E-state index in [1.807, 2.05) is 48.5 Å². The molecule has 1 aromatic heterocycles. The Balaban J connectivity index is 1.65. The van der Waals surface area contributed by atoms with E-state index in [2.05, 4.69) is 15.6 Å². The number of aromatic nitrogens is 1. The number of hydrogen-bond donors (Lipinski definition) is 3. The van der Waals surface area contributed by atoms with Crippen LogP contribution in [-0.4, -0.2) is 28.8 Å². The Kier molecular flexibility index (Phi) is 6.01. The van der Waals surface area contributed by atoms with Crippen LogP contribution in [0.2, 0.25) is 0 Å². The van der Waals surface area contributed by atoms with Crippen LogP contribution in [0.1, 0.15) is 43.0 Å². The Morgan fingerprint density at radius 1 is 1.08 bits per heavy atom. The summed E-state index contributed by atoms with van der Waals surface area (Å²) in [6.45, 7) is 0.245. The number of aliphatic hydroxyl groups is 1. The highest BCUT2D eigenvalue weighted by molar-refractivity contribution is 5.75. The smallest absolute Gasteiger partial charge is 0.315 e. The summed E-state index contributed by atoms with van der Waals surface area (Å²) in [7, 11) is 0. The van der Waals surface area contributed by atoms with Crippen molar-refractivity contribution in [3.63, 3.8) is 0 Å². The van der Waals surface area contributed by atoms with Crippen LogP contribution in [0.4, 0.5) is 4.79 Å². The summed E-state index contributed by atoms with van der Waals surface area (Å²) in [4.78, 5) is 16.9. The van der Waals surface area contributed by atoms with Crippen molar-refractivity contribution in [3.8, 4) is 0 Å². The molecular weight excluding hydrogens is 314 g/mol. The summed E-state index contributed by atoms with van der Waals surface area (Å²) >= 11 is 0. The molecule has 3 N–H and O–H groups in total. The van der Waals surface area contributed by atoms with Crippen LogP contribution in [-0.2, 0) is 0 Å². The van der Waals surface area contributed by atoms with Crippen molar-refractivity contribution in [1.82, 2.24) is 15.6 Å². The lowest BCUT2D eigenvalue weighted by Crippen LogP contribution is -2.45. The Morgan fingerprint density at radius 2 is 1.80 bits per heavy atom. The maximum absolute atomic E-state index is 12.5. The molecule has 132 valence electrons. The number of nitrogens with one attached hydrogen (secondary N) is 2. The first-order valence-corrected chi connectivity index (χ1v) is 8.90. The first-order valence-electron chi connectivity index (χ1n) is 8.90. The average molecular weight is 339 g/mol. The molecular formula is C20H25N3O2. The molecule has 0 radical (unpaired) electrons. The van der Waals surface area contributed by atoms with E-state index in [4.69, 9.17) is 0 Å². The van der Waals surface area contributed by atoms with Gasteiger partial charge in [0, 0.05) is 18.8 Å². The number of aliphatic hydroxyl groups excluding tert-OH is 1. The molecule has 1 atom stereocenters. The van der Waals surface area contributed by atoms with Crippen molar-refractivity contribution < 1.29 is 9.90 Å². The van der Waals surface area contributed by atoms with Crippen LogP contribution in [0, 0.1) is 5.92 Å². The van der Waals surface area contributed by atoms with Gasteiger partial charge < -0.3 is 15.7 Å². The Labute approximate surface area is 148 Å². The number of carbonyl (C=O) groups is 1. The van der Waals surface area contributed by atoms with Crippen molar-refractivity contribution in [3.05, 3.63) is 66.0 Å². The lowest BCUT2D eigenvalue weighted by Gasteiger charge is -2.29. The third-order valence-corrected chi connectivity index (χ3v) is 4.83. The van der Waals surface area contributed by atoms with Crippen molar-refractivity contribution in [2.45, 2.75) is 37.8 Å².